The number of carbonyl (C=O) groups is 1. The number of thioether (sulfide) groups is 1. The Morgan fingerprint density at radius 3 is 2.43 bits per heavy atom. The maximum Gasteiger partial charge on any atom is 0.271 e. The molecule has 2 heterocycles. The van der Waals surface area contributed by atoms with Crippen molar-refractivity contribution in [2.24, 2.45) is 0 Å². The average Bonchev–Trinajstić information content (AvgIpc) is 2.79. The van der Waals surface area contributed by atoms with Crippen molar-refractivity contribution in [3.05, 3.63) is 62.1 Å². The van der Waals surface area contributed by atoms with Crippen LogP contribution in [-0.4, -0.2) is 15.2 Å². The van der Waals surface area contributed by atoms with Crippen molar-refractivity contribution in [1.29, 1.82) is 0 Å². The largest absolute Gasteiger partial charge is 0.271 e. The zero-order valence-electron chi connectivity index (χ0n) is 11.3. The molecule has 3 nitrogen and oxygen atoms in total. The van der Waals surface area contributed by atoms with E-state index >= 15 is 0 Å². The van der Waals surface area contributed by atoms with Gasteiger partial charge in [0.05, 0.1) is 9.93 Å². The van der Waals surface area contributed by atoms with Crippen LogP contribution >= 0.6 is 58.8 Å². The number of amides is 1. The Balaban J connectivity index is 1.98. The van der Waals surface area contributed by atoms with Crippen molar-refractivity contribution < 1.29 is 4.79 Å². The van der Waals surface area contributed by atoms with E-state index in [-0.39, 0.29) is 5.91 Å². The molecule has 2 aromatic rings. The molecular weight excluding hydrogens is 395 g/mol. The molecule has 0 N–H and O–H groups in total. The van der Waals surface area contributed by atoms with Gasteiger partial charge in [0.1, 0.15) is 5.82 Å². The second-order valence-electron chi connectivity index (χ2n) is 4.49. The summed E-state index contributed by atoms with van der Waals surface area (Å²) in [5, 5.41) is 1.41. The molecular formula is C15H7Cl3N2OS2. The highest BCUT2D eigenvalue weighted by Crippen LogP contribution is 2.37. The number of hydrogen-bond donors (Lipinski definition) is 0. The fourth-order valence-corrected chi connectivity index (χ4v) is 3.82. The van der Waals surface area contributed by atoms with Crippen molar-refractivity contribution in [3.8, 4) is 0 Å². The molecule has 0 saturated carbocycles. The van der Waals surface area contributed by atoms with Gasteiger partial charge in [0.2, 0.25) is 0 Å². The van der Waals surface area contributed by atoms with E-state index in [9.17, 15) is 4.79 Å². The average molecular weight is 402 g/mol. The van der Waals surface area contributed by atoms with Crippen LogP contribution in [0.4, 0.5) is 5.82 Å². The predicted molar refractivity (Wildman–Crippen MR) is 101 cm³/mol. The van der Waals surface area contributed by atoms with Crippen molar-refractivity contribution in [2.45, 2.75) is 0 Å². The molecule has 23 heavy (non-hydrogen) atoms. The summed E-state index contributed by atoms with van der Waals surface area (Å²) < 4.78 is 0.388. The molecule has 1 aromatic carbocycles. The summed E-state index contributed by atoms with van der Waals surface area (Å²) in [6.07, 6.45) is 3.10. The first-order valence-electron chi connectivity index (χ1n) is 6.31. The van der Waals surface area contributed by atoms with Crippen LogP contribution < -0.4 is 4.90 Å². The second-order valence-corrected chi connectivity index (χ2v) is 7.41. The summed E-state index contributed by atoms with van der Waals surface area (Å²) in [6, 6.07) is 8.45. The maximum absolute atomic E-state index is 12.6. The Morgan fingerprint density at radius 2 is 1.83 bits per heavy atom. The molecule has 1 saturated heterocycles. The molecule has 0 atom stereocenters. The van der Waals surface area contributed by atoms with E-state index in [1.165, 1.54) is 22.9 Å². The van der Waals surface area contributed by atoms with Gasteiger partial charge in [-0.05, 0) is 30.3 Å². The van der Waals surface area contributed by atoms with E-state index in [4.69, 9.17) is 47.0 Å². The fourth-order valence-electron chi connectivity index (χ4n) is 1.95. The number of anilines is 1. The molecule has 8 heteroatoms. The van der Waals surface area contributed by atoms with E-state index in [0.717, 1.165) is 0 Å². The van der Waals surface area contributed by atoms with Crippen molar-refractivity contribution in [1.82, 2.24) is 4.98 Å². The molecule has 1 aliphatic heterocycles. The Labute approximate surface area is 157 Å². The van der Waals surface area contributed by atoms with Crippen LogP contribution in [0.3, 0.4) is 0 Å². The minimum absolute atomic E-state index is 0.272. The Kier molecular flexibility index (Phi) is 4.94. The molecule has 1 aliphatic rings. The Morgan fingerprint density at radius 1 is 1.13 bits per heavy atom. The van der Waals surface area contributed by atoms with E-state index < -0.39 is 0 Å². The highest BCUT2D eigenvalue weighted by atomic mass is 35.5. The van der Waals surface area contributed by atoms with Crippen LogP contribution in [-0.2, 0) is 4.79 Å². The van der Waals surface area contributed by atoms with Gasteiger partial charge in [-0.2, -0.15) is 0 Å². The molecule has 1 amide bonds. The quantitative estimate of drug-likeness (QED) is 0.495. The van der Waals surface area contributed by atoms with Crippen molar-refractivity contribution in [2.75, 3.05) is 4.90 Å². The van der Waals surface area contributed by atoms with E-state index in [1.807, 2.05) is 0 Å². The highest BCUT2D eigenvalue weighted by Gasteiger charge is 2.34. The first kappa shape index (κ1) is 16.7. The van der Waals surface area contributed by atoms with E-state index in [0.29, 0.717) is 35.7 Å². The summed E-state index contributed by atoms with van der Waals surface area (Å²) in [4.78, 5) is 18.5. The Hall–Kier alpha value is -1.11. The van der Waals surface area contributed by atoms with Crippen molar-refractivity contribution >= 4 is 80.9 Å². The molecule has 0 bridgehead atoms. The number of halogens is 3. The molecule has 1 fully saturated rings. The van der Waals surface area contributed by atoms with Crippen LogP contribution in [0.25, 0.3) is 6.08 Å². The van der Waals surface area contributed by atoms with Gasteiger partial charge in [0.15, 0.2) is 4.32 Å². The van der Waals surface area contributed by atoms with Gasteiger partial charge in [0, 0.05) is 21.8 Å². The topological polar surface area (TPSA) is 33.2 Å². The lowest BCUT2D eigenvalue weighted by Crippen LogP contribution is -2.28. The number of benzene rings is 1. The smallest absolute Gasteiger partial charge is 0.268 e. The van der Waals surface area contributed by atoms with Crippen LogP contribution in [0.15, 0.2) is 41.4 Å². The van der Waals surface area contributed by atoms with E-state index in [1.54, 1.807) is 36.4 Å². The Bertz CT molecular complexity index is 817. The summed E-state index contributed by atoms with van der Waals surface area (Å²) in [6.45, 7) is 0. The summed E-state index contributed by atoms with van der Waals surface area (Å²) >= 11 is 24.5. The lowest BCUT2D eigenvalue weighted by molar-refractivity contribution is -0.113. The lowest BCUT2D eigenvalue weighted by atomic mass is 10.2. The minimum atomic E-state index is -0.272. The normalized spacial score (nSPS) is 16.5. The minimum Gasteiger partial charge on any atom is -0.268 e. The number of rotatable bonds is 2. The first-order chi connectivity index (χ1) is 11.0. The van der Waals surface area contributed by atoms with Gasteiger partial charge in [0.25, 0.3) is 5.91 Å². The number of nitrogens with zero attached hydrogens (tertiary/aromatic N) is 2. The molecule has 1 aromatic heterocycles. The molecule has 3 rings (SSSR count). The van der Waals surface area contributed by atoms with Crippen molar-refractivity contribution in [3.63, 3.8) is 0 Å². The molecule has 0 aliphatic carbocycles. The number of hydrogen-bond acceptors (Lipinski definition) is 4. The third kappa shape index (κ3) is 3.39. The maximum atomic E-state index is 12.6. The van der Waals surface area contributed by atoms with Crippen LogP contribution in [0.1, 0.15) is 5.56 Å². The van der Waals surface area contributed by atoms with Crippen LogP contribution in [0, 0.1) is 0 Å². The molecule has 0 radical (unpaired) electrons. The van der Waals surface area contributed by atoms with Crippen LogP contribution in [0.5, 0.6) is 0 Å². The SMILES string of the molecule is O=C1/C(=C/c2c(Cl)cccc2Cl)SC(=S)N1c1ccc(Cl)cn1. The fraction of sp³-hybridized carbons (Fsp3) is 0. The second kappa shape index (κ2) is 6.79. The van der Waals surface area contributed by atoms with Gasteiger partial charge in [-0.1, -0.05) is 64.8 Å². The summed E-state index contributed by atoms with van der Waals surface area (Å²) in [5.41, 5.74) is 0.584. The monoisotopic (exact) mass is 400 g/mol. The number of carbonyl (C=O) groups excluding carboxylic acids is 1. The highest BCUT2D eigenvalue weighted by molar-refractivity contribution is 8.27. The first-order valence-corrected chi connectivity index (χ1v) is 8.67. The van der Waals surface area contributed by atoms with Gasteiger partial charge in [-0.25, -0.2) is 9.88 Å². The number of thiocarbonyl (C=S) groups is 1. The van der Waals surface area contributed by atoms with Gasteiger partial charge in [-0.15, -0.1) is 0 Å². The molecule has 116 valence electrons. The number of pyridine rings is 1. The predicted octanol–water partition coefficient (Wildman–Crippen LogP) is 5.45. The number of aromatic nitrogens is 1. The zero-order valence-corrected chi connectivity index (χ0v) is 15.2. The lowest BCUT2D eigenvalue weighted by Gasteiger charge is -2.12. The van der Waals surface area contributed by atoms with Gasteiger partial charge < -0.3 is 0 Å². The third-order valence-electron chi connectivity index (χ3n) is 3.01. The summed E-state index contributed by atoms with van der Waals surface area (Å²) in [5.74, 6) is 0.149. The molecule has 0 spiro atoms. The zero-order chi connectivity index (χ0) is 16.6. The van der Waals surface area contributed by atoms with Gasteiger partial charge in [-0.3, -0.25) is 4.79 Å². The standard InChI is InChI=1S/C15H7Cl3N2OS2/c16-8-4-5-13(19-7-8)20-14(21)12(23-15(20)22)6-9-10(17)2-1-3-11(9)18/h1-7H/b12-6-. The van der Waals surface area contributed by atoms with Gasteiger partial charge >= 0.3 is 0 Å². The summed E-state index contributed by atoms with van der Waals surface area (Å²) in [7, 11) is 0. The van der Waals surface area contributed by atoms with Crippen LogP contribution in [0.2, 0.25) is 15.1 Å². The van der Waals surface area contributed by atoms with E-state index in [2.05, 4.69) is 4.98 Å². The molecule has 0 unspecified atom stereocenters. The third-order valence-corrected chi connectivity index (χ3v) is 5.19.